The summed E-state index contributed by atoms with van der Waals surface area (Å²) < 4.78 is 4.88. The molecule has 0 unspecified atom stereocenters. The van der Waals surface area contributed by atoms with Gasteiger partial charge in [0.1, 0.15) is 5.75 Å². The summed E-state index contributed by atoms with van der Waals surface area (Å²) in [7, 11) is 1.57. The number of nitrogens with zero attached hydrogens (tertiary/aromatic N) is 1. The molecule has 1 aromatic carbocycles. The largest absolute Gasteiger partial charge is 0.508 e. The van der Waals surface area contributed by atoms with E-state index in [1.165, 1.54) is 0 Å². The van der Waals surface area contributed by atoms with Crippen LogP contribution in [0.5, 0.6) is 5.75 Å². The Morgan fingerprint density at radius 1 is 1.54 bits per heavy atom. The summed E-state index contributed by atoms with van der Waals surface area (Å²) in [4.78, 5) is 0. The van der Waals surface area contributed by atoms with Gasteiger partial charge in [0.05, 0.1) is 19.1 Å². The summed E-state index contributed by atoms with van der Waals surface area (Å²) in [6, 6.07) is 7.20. The molecule has 3 heteroatoms. The van der Waals surface area contributed by atoms with Gasteiger partial charge in [-0.25, -0.2) is 0 Å². The van der Waals surface area contributed by atoms with Gasteiger partial charge in [-0.2, -0.15) is 5.26 Å². The highest BCUT2D eigenvalue weighted by Crippen LogP contribution is 2.19. The lowest BCUT2D eigenvalue weighted by Gasteiger charge is -2.04. The summed E-state index contributed by atoms with van der Waals surface area (Å²) in [5.41, 5.74) is 1.56. The first kappa shape index (κ1) is 9.56. The molecule has 0 saturated carbocycles. The fourth-order valence-corrected chi connectivity index (χ4v) is 1.09. The molecule has 0 spiro atoms. The van der Waals surface area contributed by atoms with Crippen molar-refractivity contribution >= 4 is 0 Å². The lowest BCUT2D eigenvalue weighted by Crippen LogP contribution is -1.90. The summed E-state index contributed by atoms with van der Waals surface area (Å²) in [6.07, 6.45) is 0.320. The van der Waals surface area contributed by atoms with Gasteiger partial charge < -0.3 is 9.84 Å². The van der Waals surface area contributed by atoms with Crippen LogP contribution in [0, 0.1) is 11.3 Å². The highest BCUT2D eigenvalue weighted by molar-refractivity contribution is 5.36. The van der Waals surface area contributed by atoms with Gasteiger partial charge in [-0.3, -0.25) is 0 Å². The second-order valence-electron chi connectivity index (χ2n) is 2.73. The van der Waals surface area contributed by atoms with Crippen molar-refractivity contribution in [3.63, 3.8) is 0 Å². The van der Waals surface area contributed by atoms with Crippen molar-refractivity contribution in [2.24, 2.45) is 0 Å². The van der Waals surface area contributed by atoms with Crippen LogP contribution in [0.4, 0.5) is 0 Å². The minimum Gasteiger partial charge on any atom is -0.508 e. The Balaban J connectivity index is 2.86. The highest BCUT2D eigenvalue weighted by atomic mass is 16.5. The van der Waals surface area contributed by atoms with E-state index in [2.05, 4.69) is 0 Å². The Bertz CT molecular complexity index is 328. The van der Waals surface area contributed by atoms with E-state index in [1.807, 2.05) is 12.1 Å². The summed E-state index contributed by atoms with van der Waals surface area (Å²) >= 11 is 0. The number of rotatable bonds is 3. The Kier molecular flexibility index (Phi) is 3.30. The van der Waals surface area contributed by atoms with E-state index in [0.717, 1.165) is 11.1 Å². The molecule has 0 bridgehead atoms. The van der Waals surface area contributed by atoms with Crippen molar-refractivity contribution in [3.05, 3.63) is 29.3 Å². The number of phenols is 1. The average Bonchev–Trinajstić information content (AvgIpc) is 2.10. The Hall–Kier alpha value is -1.53. The maximum atomic E-state index is 9.46. The second-order valence-corrected chi connectivity index (χ2v) is 2.73. The highest BCUT2D eigenvalue weighted by Gasteiger charge is 2.01. The van der Waals surface area contributed by atoms with Gasteiger partial charge in [0.25, 0.3) is 0 Å². The Labute approximate surface area is 77.2 Å². The molecular formula is C10H11NO2. The molecule has 0 saturated heterocycles. The average molecular weight is 177 g/mol. The summed E-state index contributed by atoms with van der Waals surface area (Å²) in [5.74, 6) is 0.189. The SMILES string of the molecule is COCc1ccc(CC#N)cc1O. The number of hydrogen-bond acceptors (Lipinski definition) is 3. The van der Waals surface area contributed by atoms with E-state index in [1.54, 1.807) is 19.2 Å². The molecule has 13 heavy (non-hydrogen) atoms. The van der Waals surface area contributed by atoms with Gasteiger partial charge in [-0.1, -0.05) is 12.1 Å². The summed E-state index contributed by atoms with van der Waals surface area (Å²) in [5, 5.41) is 17.9. The van der Waals surface area contributed by atoms with E-state index < -0.39 is 0 Å². The van der Waals surface area contributed by atoms with Crippen molar-refractivity contribution in [2.75, 3.05) is 7.11 Å². The molecular weight excluding hydrogens is 166 g/mol. The van der Waals surface area contributed by atoms with Gasteiger partial charge in [0, 0.05) is 12.7 Å². The first-order valence-corrected chi connectivity index (χ1v) is 3.94. The van der Waals surface area contributed by atoms with Crippen LogP contribution in [0.25, 0.3) is 0 Å². The third kappa shape index (κ3) is 2.46. The van der Waals surface area contributed by atoms with Crippen LogP contribution < -0.4 is 0 Å². The van der Waals surface area contributed by atoms with Gasteiger partial charge in [0.15, 0.2) is 0 Å². The van der Waals surface area contributed by atoms with E-state index in [9.17, 15) is 5.11 Å². The van der Waals surface area contributed by atoms with E-state index in [4.69, 9.17) is 10.00 Å². The van der Waals surface area contributed by atoms with E-state index in [0.29, 0.717) is 13.0 Å². The molecule has 1 N–H and O–H groups in total. The molecule has 0 amide bonds. The third-order valence-electron chi connectivity index (χ3n) is 1.73. The monoisotopic (exact) mass is 177 g/mol. The number of benzene rings is 1. The first-order valence-electron chi connectivity index (χ1n) is 3.94. The van der Waals surface area contributed by atoms with Crippen molar-refractivity contribution in [2.45, 2.75) is 13.0 Å². The predicted molar refractivity (Wildman–Crippen MR) is 48.1 cm³/mol. The Morgan fingerprint density at radius 3 is 2.85 bits per heavy atom. The molecule has 1 rings (SSSR count). The van der Waals surface area contributed by atoms with Crippen molar-refractivity contribution in [1.29, 1.82) is 5.26 Å². The molecule has 0 heterocycles. The molecule has 68 valence electrons. The molecule has 0 aliphatic rings. The maximum Gasteiger partial charge on any atom is 0.121 e. The van der Waals surface area contributed by atoms with Crippen LogP contribution in [0.15, 0.2) is 18.2 Å². The first-order chi connectivity index (χ1) is 6.27. The number of ether oxygens (including phenoxy) is 1. The van der Waals surface area contributed by atoms with Gasteiger partial charge in [-0.05, 0) is 11.6 Å². The van der Waals surface area contributed by atoms with Crippen molar-refractivity contribution in [3.8, 4) is 11.8 Å². The number of aromatic hydroxyl groups is 1. The molecule has 3 nitrogen and oxygen atoms in total. The van der Waals surface area contributed by atoms with Crippen LogP contribution in [-0.2, 0) is 17.8 Å². The van der Waals surface area contributed by atoms with Gasteiger partial charge >= 0.3 is 0 Å². The lowest BCUT2D eigenvalue weighted by atomic mass is 10.1. The van der Waals surface area contributed by atoms with Crippen molar-refractivity contribution < 1.29 is 9.84 Å². The zero-order chi connectivity index (χ0) is 9.68. The van der Waals surface area contributed by atoms with Gasteiger partial charge in [0.2, 0.25) is 0 Å². The fourth-order valence-electron chi connectivity index (χ4n) is 1.09. The number of methoxy groups -OCH3 is 1. The van der Waals surface area contributed by atoms with Crippen LogP contribution in [0.1, 0.15) is 11.1 Å². The number of hydrogen-bond donors (Lipinski definition) is 1. The minimum absolute atomic E-state index is 0.189. The molecule has 0 fully saturated rings. The smallest absolute Gasteiger partial charge is 0.121 e. The van der Waals surface area contributed by atoms with Crippen LogP contribution in [0.2, 0.25) is 0 Å². The molecule has 0 radical (unpaired) electrons. The van der Waals surface area contributed by atoms with Crippen molar-refractivity contribution in [1.82, 2.24) is 0 Å². The zero-order valence-corrected chi connectivity index (χ0v) is 7.45. The quantitative estimate of drug-likeness (QED) is 0.763. The Morgan fingerprint density at radius 2 is 2.31 bits per heavy atom. The molecule has 0 aliphatic carbocycles. The third-order valence-corrected chi connectivity index (χ3v) is 1.73. The fraction of sp³-hybridized carbons (Fsp3) is 0.300. The topological polar surface area (TPSA) is 53.2 Å². The normalized spacial score (nSPS) is 9.54. The van der Waals surface area contributed by atoms with Gasteiger partial charge in [-0.15, -0.1) is 0 Å². The zero-order valence-electron chi connectivity index (χ0n) is 7.45. The molecule has 1 aromatic rings. The second kappa shape index (κ2) is 4.48. The molecule has 0 aromatic heterocycles. The predicted octanol–water partition coefficient (Wildman–Crippen LogP) is 1.60. The van der Waals surface area contributed by atoms with E-state index in [-0.39, 0.29) is 5.75 Å². The number of phenolic OH excluding ortho intramolecular Hbond substituents is 1. The minimum atomic E-state index is 0.189. The van der Waals surface area contributed by atoms with E-state index >= 15 is 0 Å². The van der Waals surface area contributed by atoms with Crippen LogP contribution in [0.3, 0.4) is 0 Å². The maximum absolute atomic E-state index is 9.46. The summed E-state index contributed by atoms with van der Waals surface area (Å²) in [6.45, 7) is 0.388. The molecule has 0 aliphatic heterocycles. The molecule has 0 atom stereocenters. The van der Waals surface area contributed by atoms with Crippen LogP contribution >= 0.6 is 0 Å². The number of nitriles is 1. The van der Waals surface area contributed by atoms with Crippen LogP contribution in [-0.4, -0.2) is 12.2 Å². The lowest BCUT2D eigenvalue weighted by molar-refractivity contribution is 0.182. The standard InChI is InChI=1S/C10H11NO2/c1-13-7-9-3-2-8(4-5-11)6-10(9)12/h2-3,6,12H,4,7H2,1H3.